The van der Waals surface area contributed by atoms with E-state index >= 15 is 0 Å². The third-order valence-corrected chi connectivity index (χ3v) is 16.9. The minimum atomic E-state index is -1.07. The lowest BCUT2D eigenvalue weighted by molar-refractivity contribution is -0.150. The Balaban J connectivity index is 1.45. The van der Waals surface area contributed by atoms with E-state index in [0.717, 1.165) is 27.5 Å². The fourth-order valence-electron chi connectivity index (χ4n) is 11.0. The molecule has 0 aliphatic carbocycles. The molecule has 9 atom stereocenters. The molecule has 1 aromatic carbocycles. The summed E-state index contributed by atoms with van der Waals surface area (Å²) in [5, 5.41) is 10.0. The Morgan fingerprint density at radius 2 is 1.29 bits per heavy atom. The van der Waals surface area contributed by atoms with Crippen LogP contribution in [0.25, 0.3) is 0 Å². The molecule has 1 saturated heterocycles. The first-order valence-corrected chi connectivity index (χ1v) is 28.7. The maximum absolute atomic E-state index is 14.8. The largest absolute Gasteiger partial charge is 0.481 e. The molecule has 1 aromatic rings. The highest BCUT2D eigenvalue weighted by atomic mass is 79.9. The maximum atomic E-state index is 14.8. The summed E-state index contributed by atoms with van der Waals surface area (Å²) in [6.45, 7) is 12.6. The number of benzene rings is 1. The fraction of sp³-hybridized carbons (Fsp3) is 0.632. The van der Waals surface area contributed by atoms with E-state index in [2.05, 4.69) is 31.9 Å². The number of hydrogen-bond acceptors (Lipinski definition) is 13. The van der Waals surface area contributed by atoms with Gasteiger partial charge in [0, 0.05) is 111 Å². The van der Waals surface area contributed by atoms with Gasteiger partial charge in [0.15, 0.2) is 5.78 Å². The Kier molecular flexibility index (Phi) is 25.4. The first-order chi connectivity index (χ1) is 37.2. The van der Waals surface area contributed by atoms with E-state index in [1.165, 1.54) is 31.1 Å². The average Bonchev–Trinajstić information content (AvgIpc) is 4.09. The highest BCUT2D eigenvalue weighted by Gasteiger charge is 2.44. The van der Waals surface area contributed by atoms with Crippen molar-refractivity contribution in [2.24, 2.45) is 35.5 Å². The zero-order valence-electron chi connectivity index (χ0n) is 47.5. The van der Waals surface area contributed by atoms with Crippen molar-refractivity contribution < 1.29 is 67.3 Å². The standard InChI is InChI=1S/C57H80Br2N6O14/c1-12-35(6)52(45(78-10)32-50(72)63-22-16-19-42(63)53(79-11)36(7)43(66)28-38(57(76)77)27-37-17-14-13-15-18-37)61(9)54(73)39(33(2)3)29-44(67)51(34(4)5)60(8)46(68)20-21-47(69)62(23-25-64-48(70)30-40(58)55(64)74)24-26-65-49(71)31-41(59)56(65)75/h13-15,17-18,30-31,33-36,38-39,42,45,51-53H,12,16,19-29,32H2,1-11H3,(H,76,77)/t35?,36-,38?,39-,42-,45?,51-,52-,53+/m0/s1. The summed E-state index contributed by atoms with van der Waals surface area (Å²) >= 11 is 6.10. The minimum Gasteiger partial charge on any atom is -0.481 e. The predicted octanol–water partition coefficient (Wildman–Crippen LogP) is 5.43. The molecule has 4 rings (SSSR count). The van der Waals surface area contributed by atoms with Gasteiger partial charge >= 0.3 is 5.97 Å². The number of carboxylic acid groups (broad SMARTS) is 1. The smallest absolute Gasteiger partial charge is 0.307 e. The summed E-state index contributed by atoms with van der Waals surface area (Å²) < 4.78 is 12.1. The van der Waals surface area contributed by atoms with Gasteiger partial charge in [0.25, 0.3) is 23.6 Å². The van der Waals surface area contributed by atoms with Gasteiger partial charge in [-0.05, 0) is 74.4 Å². The Morgan fingerprint density at radius 3 is 1.76 bits per heavy atom. The van der Waals surface area contributed by atoms with E-state index < -0.39 is 95.4 Å². The van der Waals surface area contributed by atoms with Crippen molar-refractivity contribution in [3.8, 4) is 0 Å². The Morgan fingerprint density at radius 1 is 0.734 bits per heavy atom. The van der Waals surface area contributed by atoms with Crippen LogP contribution < -0.4 is 0 Å². The molecule has 0 saturated carbocycles. The maximum Gasteiger partial charge on any atom is 0.307 e. The molecule has 0 radical (unpaired) electrons. The molecule has 3 heterocycles. The van der Waals surface area contributed by atoms with Crippen LogP contribution >= 0.6 is 31.9 Å². The van der Waals surface area contributed by atoms with Crippen LogP contribution in [0.15, 0.2) is 51.4 Å². The summed E-state index contributed by atoms with van der Waals surface area (Å²) in [5.41, 5.74) is 0.806. The van der Waals surface area contributed by atoms with Crippen LogP contribution in [0.2, 0.25) is 0 Å². The highest BCUT2D eigenvalue weighted by Crippen LogP contribution is 2.32. The second-order valence-corrected chi connectivity index (χ2v) is 23.4. The number of ketones is 2. The van der Waals surface area contributed by atoms with Crippen LogP contribution in [-0.4, -0.2) is 191 Å². The molecule has 8 amide bonds. The molecule has 79 heavy (non-hydrogen) atoms. The van der Waals surface area contributed by atoms with Crippen LogP contribution in [0.1, 0.15) is 105 Å². The molecular weight excluding hydrogens is 1150 g/mol. The quantitative estimate of drug-likeness (QED) is 0.0885. The Bertz CT molecular complexity index is 2430. The van der Waals surface area contributed by atoms with Gasteiger partial charge in [-0.15, -0.1) is 0 Å². The number of aliphatic carboxylic acids is 1. The number of carbonyl (C=O) groups is 11. The molecule has 0 aromatic heterocycles. The number of carbonyl (C=O) groups excluding carboxylic acids is 10. The number of rotatable bonds is 32. The summed E-state index contributed by atoms with van der Waals surface area (Å²) in [6.07, 6.45) is 1.54. The number of Topliss-reactive ketones (excluding diaryl/α,β-unsaturated/α-hetero) is 2. The number of hydrogen-bond donors (Lipinski definition) is 1. The number of ether oxygens (including phenoxy) is 2. The van der Waals surface area contributed by atoms with Gasteiger partial charge in [0.2, 0.25) is 23.6 Å². The normalized spacial score (nSPS) is 18.7. The van der Waals surface area contributed by atoms with Gasteiger partial charge in [-0.25, -0.2) is 0 Å². The van der Waals surface area contributed by atoms with Crippen molar-refractivity contribution in [1.29, 1.82) is 0 Å². The lowest BCUT2D eigenvalue weighted by Crippen LogP contribution is -2.54. The fourth-order valence-corrected chi connectivity index (χ4v) is 11.9. The number of halogens is 2. The predicted molar refractivity (Wildman–Crippen MR) is 300 cm³/mol. The van der Waals surface area contributed by atoms with E-state index in [1.54, 1.807) is 37.6 Å². The van der Waals surface area contributed by atoms with E-state index in [4.69, 9.17) is 9.47 Å². The van der Waals surface area contributed by atoms with Crippen molar-refractivity contribution in [1.82, 2.24) is 29.4 Å². The molecule has 3 aliphatic rings. The Hall–Kier alpha value is -5.45. The number of amides is 8. The van der Waals surface area contributed by atoms with Crippen molar-refractivity contribution in [3.63, 3.8) is 0 Å². The lowest BCUT2D eigenvalue weighted by Gasteiger charge is -2.41. The van der Waals surface area contributed by atoms with Gasteiger partial charge < -0.3 is 34.2 Å². The third kappa shape index (κ3) is 17.0. The third-order valence-electron chi connectivity index (χ3n) is 15.8. The number of methoxy groups -OCH3 is 2. The summed E-state index contributed by atoms with van der Waals surface area (Å²) in [5.74, 6) is -9.19. The highest BCUT2D eigenvalue weighted by molar-refractivity contribution is 9.12. The molecule has 436 valence electrons. The number of carboxylic acids is 1. The van der Waals surface area contributed by atoms with E-state index in [1.807, 2.05) is 58.0 Å². The van der Waals surface area contributed by atoms with Gasteiger partial charge in [-0.3, -0.25) is 62.5 Å². The number of likely N-dealkylation sites (tertiary alicyclic amines) is 1. The van der Waals surface area contributed by atoms with E-state index in [-0.39, 0.29) is 109 Å². The van der Waals surface area contributed by atoms with Gasteiger partial charge in [0.05, 0.1) is 51.6 Å². The van der Waals surface area contributed by atoms with Crippen LogP contribution in [0.4, 0.5) is 0 Å². The second-order valence-electron chi connectivity index (χ2n) is 21.7. The molecule has 22 heteroatoms. The molecule has 1 fully saturated rings. The van der Waals surface area contributed by atoms with Gasteiger partial charge in [-0.2, -0.15) is 0 Å². The van der Waals surface area contributed by atoms with Gasteiger partial charge in [0.1, 0.15) is 5.78 Å². The number of imide groups is 2. The van der Waals surface area contributed by atoms with Crippen molar-refractivity contribution in [3.05, 3.63) is 57.0 Å². The number of nitrogens with zero attached hydrogens (tertiary/aromatic N) is 6. The van der Waals surface area contributed by atoms with Crippen molar-refractivity contribution in [2.45, 2.75) is 137 Å². The van der Waals surface area contributed by atoms with Gasteiger partial charge in [-0.1, -0.05) is 85.2 Å². The first kappa shape index (κ1) is 66.1. The Labute approximate surface area is 481 Å². The molecule has 3 aliphatic heterocycles. The minimum absolute atomic E-state index is 0.0523. The number of likely N-dealkylation sites (N-methyl/N-ethyl adjacent to an activating group) is 2. The van der Waals surface area contributed by atoms with Crippen LogP contribution in [0, 0.1) is 35.5 Å². The summed E-state index contributed by atoms with van der Waals surface area (Å²) in [7, 11) is 6.09. The SMILES string of the molecule is CCC(C)[C@@H](C(CC(=O)N1CCC[C@H]1[C@H](OC)[C@@H](C)C(=O)CC(Cc1ccccc1)C(=O)O)OC)N(C)C(=O)[C@@H](CC(=O)[C@H](C(C)C)N(C)C(=O)CCC(=O)N(CCN1C(=O)C=C(Br)C1=O)CCN1C(=O)C=C(Br)C1=O)C(C)C. The van der Waals surface area contributed by atoms with Crippen LogP contribution in [-0.2, 0) is 68.6 Å². The molecule has 3 unspecified atom stereocenters. The van der Waals surface area contributed by atoms with Crippen LogP contribution in [0.5, 0.6) is 0 Å². The van der Waals surface area contributed by atoms with Crippen molar-refractivity contribution >= 4 is 96.7 Å². The molecule has 20 nitrogen and oxygen atoms in total. The monoisotopic (exact) mass is 1230 g/mol. The first-order valence-electron chi connectivity index (χ1n) is 27.1. The summed E-state index contributed by atoms with van der Waals surface area (Å²) in [6, 6.07) is 7.04. The molecule has 1 N–H and O–H groups in total. The second kappa shape index (κ2) is 30.4. The average molecular weight is 1230 g/mol. The topological polar surface area (TPSA) is 246 Å². The van der Waals surface area contributed by atoms with Crippen molar-refractivity contribution in [2.75, 3.05) is 61.0 Å². The summed E-state index contributed by atoms with van der Waals surface area (Å²) in [4.78, 5) is 155. The molecule has 0 bridgehead atoms. The lowest BCUT2D eigenvalue weighted by atomic mass is 9.83. The molecular formula is C57H80Br2N6O14. The molecule has 0 spiro atoms. The zero-order chi connectivity index (χ0) is 59.2. The van der Waals surface area contributed by atoms with E-state index in [9.17, 15) is 57.8 Å². The van der Waals surface area contributed by atoms with E-state index in [0.29, 0.717) is 25.8 Å². The zero-order valence-corrected chi connectivity index (χ0v) is 50.7. The van der Waals surface area contributed by atoms with Crippen LogP contribution in [0.3, 0.4) is 0 Å².